The first-order valence-electron chi connectivity index (χ1n) is 4.88. The molecule has 0 aliphatic rings. The number of hydrogen-bond acceptors (Lipinski definition) is 3. The van der Waals surface area contributed by atoms with Gasteiger partial charge in [0.1, 0.15) is 9.84 Å². The van der Waals surface area contributed by atoms with Crippen molar-refractivity contribution in [2.24, 2.45) is 0 Å². The molecule has 1 atom stereocenters. The zero-order valence-corrected chi connectivity index (χ0v) is 11.5. The highest BCUT2D eigenvalue weighted by Crippen LogP contribution is 1.99. The van der Waals surface area contributed by atoms with Gasteiger partial charge in [0.2, 0.25) is 5.91 Å². The van der Waals surface area contributed by atoms with Gasteiger partial charge in [-0.3, -0.25) is 4.79 Å². The lowest BCUT2D eigenvalue weighted by Gasteiger charge is -2.12. The first-order valence-corrected chi connectivity index (χ1v) is 8.06. The van der Waals surface area contributed by atoms with Gasteiger partial charge in [0, 0.05) is 24.0 Å². The van der Waals surface area contributed by atoms with Crippen molar-refractivity contribution < 1.29 is 13.2 Å². The number of carbonyl (C=O) groups is 1. The van der Waals surface area contributed by atoms with Crippen LogP contribution < -0.4 is 5.32 Å². The molecule has 1 unspecified atom stereocenters. The summed E-state index contributed by atoms with van der Waals surface area (Å²) in [6, 6.07) is -0.309. The molecule has 0 aromatic heterocycles. The predicted octanol–water partition coefficient (Wildman–Crippen LogP) is 1.10. The number of unbranched alkanes of at least 4 members (excludes halogenated alkanes) is 1. The van der Waals surface area contributed by atoms with Crippen molar-refractivity contribution in [3.8, 4) is 0 Å². The molecule has 0 heterocycles. The van der Waals surface area contributed by atoms with Gasteiger partial charge < -0.3 is 5.32 Å². The molecule has 0 bridgehead atoms. The summed E-state index contributed by atoms with van der Waals surface area (Å²) in [5.74, 6) is -0.0796. The van der Waals surface area contributed by atoms with E-state index in [2.05, 4.69) is 21.2 Å². The van der Waals surface area contributed by atoms with Gasteiger partial charge in [0.25, 0.3) is 0 Å². The van der Waals surface area contributed by atoms with Gasteiger partial charge in [-0.1, -0.05) is 15.9 Å². The zero-order chi connectivity index (χ0) is 11.9. The molecule has 90 valence electrons. The predicted molar refractivity (Wildman–Crippen MR) is 65.0 cm³/mol. The van der Waals surface area contributed by atoms with Gasteiger partial charge in [-0.25, -0.2) is 8.42 Å². The van der Waals surface area contributed by atoms with Crippen molar-refractivity contribution in [1.82, 2.24) is 5.32 Å². The fraction of sp³-hybridized carbons (Fsp3) is 0.889. The third-order valence-electron chi connectivity index (χ3n) is 1.75. The quantitative estimate of drug-likeness (QED) is 0.566. The lowest BCUT2D eigenvalue weighted by molar-refractivity contribution is -0.121. The molecule has 0 aromatic carbocycles. The van der Waals surface area contributed by atoms with E-state index in [0.717, 1.165) is 18.2 Å². The van der Waals surface area contributed by atoms with Crippen LogP contribution in [0.2, 0.25) is 0 Å². The van der Waals surface area contributed by atoms with Crippen molar-refractivity contribution >= 4 is 31.7 Å². The molecule has 4 nitrogen and oxygen atoms in total. The van der Waals surface area contributed by atoms with E-state index in [1.165, 1.54) is 6.26 Å². The molecule has 0 radical (unpaired) electrons. The van der Waals surface area contributed by atoms with Crippen molar-refractivity contribution in [2.45, 2.75) is 32.2 Å². The zero-order valence-electron chi connectivity index (χ0n) is 9.12. The van der Waals surface area contributed by atoms with E-state index < -0.39 is 9.84 Å². The number of nitrogens with one attached hydrogen (secondary N) is 1. The minimum absolute atomic E-state index is 0.00279. The van der Waals surface area contributed by atoms with Gasteiger partial charge in [-0.05, 0) is 19.8 Å². The highest BCUT2D eigenvalue weighted by atomic mass is 79.9. The molecule has 0 rings (SSSR count). The SMILES string of the molecule is CC(CS(C)(=O)=O)NC(=O)CCCCBr. The highest BCUT2D eigenvalue weighted by molar-refractivity contribution is 9.09. The molecule has 6 heteroatoms. The van der Waals surface area contributed by atoms with Gasteiger partial charge >= 0.3 is 0 Å². The standard InChI is InChI=1S/C9H18BrNO3S/c1-8(7-15(2,13)14)11-9(12)5-3-4-6-10/h8H,3-7H2,1-2H3,(H,11,12). The monoisotopic (exact) mass is 299 g/mol. The number of rotatable bonds is 7. The maximum atomic E-state index is 11.3. The molecule has 0 saturated carbocycles. The maximum absolute atomic E-state index is 11.3. The summed E-state index contributed by atoms with van der Waals surface area (Å²) in [7, 11) is -3.02. The lowest BCUT2D eigenvalue weighted by atomic mass is 10.2. The third-order valence-corrected chi connectivity index (χ3v) is 3.41. The number of halogens is 1. The smallest absolute Gasteiger partial charge is 0.220 e. The fourth-order valence-corrected chi connectivity index (χ4v) is 2.61. The Morgan fingerprint density at radius 2 is 2.00 bits per heavy atom. The van der Waals surface area contributed by atoms with E-state index in [1.807, 2.05) is 0 Å². The minimum Gasteiger partial charge on any atom is -0.353 e. The molecule has 0 aliphatic carbocycles. The molecule has 1 N–H and O–H groups in total. The van der Waals surface area contributed by atoms with Gasteiger partial charge in [-0.2, -0.15) is 0 Å². The molecule has 0 saturated heterocycles. The molecular weight excluding hydrogens is 282 g/mol. The van der Waals surface area contributed by atoms with E-state index in [9.17, 15) is 13.2 Å². The number of hydrogen-bond donors (Lipinski definition) is 1. The molecule has 0 aliphatic heterocycles. The van der Waals surface area contributed by atoms with Crippen LogP contribution in [-0.4, -0.2) is 37.7 Å². The van der Waals surface area contributed by atoms with E-state index in [-0.39, 0.29) is 17.7 Å². The number of amides is 1. The van der Waals surface area contributed by atoms with Crippen LogP contribution in [0.15, 0.2) is 0 Å². The molecule has 0 fully saturated rings. The normalized spacial score (nSPS) is 13.5. The van der Waals surface area contributed by atoms with Crippen molar-refractivity contribution in [2.75, 3.05) is 17.3 Å². The Morgan fingerprint density at radius 1 is 1.40 bits per heavy atom. The Morgan fingerprint density at radius 3 is 2.47 bits per heavy atom. The Hall–Kier alpha value is -0.100. The first kappa shape index (κ1) is 14.9. The average Bonchev–Trinajstić information content (AvgIpc) is 2.00. The molecule has 1 amide bonds. The molecule has 0 aromatic rings. The van der Waals surface area contributed by atoms with Gasteiger partial charge in [-0.15, -0.1) is 0 Å². The third kappa shape index (κ3) is 10.2. The molecule has 15 heavy (non-hydrogen) atoms. The second-order valence-electron chi connectivity index (χ2n) is 3.71. The Bertz CT molecular complexity index is 290. The second-order valence-corrected chi connectivity index (χ2v) is 6.68. The number of carbonyl (C=O) groups excluding carboxylic acids is 1. The summed E-state index contributed by atoms with van der Waals surface area (Å²) in [4.78, 5) is 11.3. The summed E-state index contributed by atoms with van der Waals surface area (Å²) in [6.45, 7) is 1.70. The summed E-state index contributed by atoms with van der Waals surface area (Å²) < 4.78 is 21.9. The van der Waals surface area contributed by atoms with E-state index in [4.69, 9.17) is 0 Å². The van der Waals surface area contributed by atoms with Gasteiger partial charge in [0.05, 0.1) is 5.75 Å². The van der Waals surface area contributed by atoms with Crippen LogP contribution in [0.25, 0.3) is 0 Å². The number of alkyl halides is 1. The average molecular weight is 300 g/mol. The Balaban J connectivity index is 3.77. The van der Waals surface area contributed by atoms with Gasteiger partial charge in [0.15, 0.2) is 0 Å². The van der Waals surface area contributed by atoms with Crippen molar-refractivity contribution in [3.63, 3.8) is 0 Å². The van der Waals surface area contributed by atoms with E-state index in [1.54, 1.807) is 6.92 Å². The largest absolute Gasteiger partial charge is 0.353 e. The summed E-state index contributed by atoms with van der Waals surface area (Å²) in [5, 5.41) is 3.55. The minimum atomic E-state index is -3.02. The fourth-order valence-electron chi connectivity index (χ4n) is 1.22. The molecule has 0 spiro atoms. The van der Waals surface area contributed by atoms with E-state index in [0.29, 0.717) is 6.42 Å². The highest BCUT2D eigenvalue weighted by Gasteiger charge is 2.12. The van der Waals surface area contributed by atoms with Crippen LogP contribution in [0.5, 0.6) is 0 Å². The Kier molecular flexibility index (Phi) is 7.17. The van der Waals surface area contributed by atoms with Crippen molar-refractivity contribution in [3.05, 3.63) is 0 Å². The topological polar surface area (TPSA) is 63.2 Å². The maximum Gasteiger partial charge on any atom is 0.220 e. The Labute approximate surface area is 99.9 Å². The van der Waals surface area contributed by atoms with Crippen LogP contribution >= 0.6 is 15.9 Å². The van der Waals surface area contributed by atoms with Crippen LogP contribution in [0.3, 0.4) is 0 Å². The van der Waals surface area contributed by atoms with Crippen LogP contribution in [-0.2, 0) is 14.6 Å². The van der Waals surface area contributed by atoms with Crippen LogP contribution in [0.1, 0.15) is 26.2 Å². The lowest BCUT2D eigenvalue weighted by Crippen LogP contribution is -2.37. The summed E-state index contributed by atoms with van der Waals surface area (Å²) >= 11 is 3.28. The number of sulfone groups is 1. The van der Waals surface area contributed by atoms with Crippen LogP contribution in [0.4, 0.5) is 0 Å². The molecular formula is C9H18BrNO3S. The summed E-state index contributed by atoms with van der Waals surface area (Å²) in [5.41, 5.74) is 0. The van der Waals surface area contributed by atoms with Crippen LogP contribution in [0, 0.1) is 0 Å². The second kappa shape index (κ2) is 7.22. The first-order chi connectivity index (χ1) is 6.85. The van der Waals surface area contributed by atoms with Crippen molar-refractivity contribution in [1.29, 1.82) is 0 Å². The van der Waals surface area contributed by atoms with E-state index >= 15 is 0 Å². The summed E-state index contributed by atoms with van der Waals surface area (Å²) in [6.07, 6.45) is 3.40.